The number of benzene rings is 2. The summed E-state index contributed by atoms with van der Waals surface area (Å²) in [5.74, 6) is 0.768. The largest absolute Gasteiger partial charge is 0.496 e. The van der Waals surface area contributed by atoms with Gasteiger partial charge in [-0.3, -0.25) is 4.90 Å². The fourth-order valence-electron chi connectivity index (χ4n) is 3.70. The first-order valence-corrected chi connectivity index (χ1v) is 11.4. The zero-order valence-electron chi connectivity index (χ0n) is 15.5. The highest BCUT2D eigenvalue weighted by Gasteiger charge is 2.28. The molecule has 1 atom stereocenters. The normalized spacial score (nSPS) is 16.5. The molecule has 0 amide bonds. The molecule has 0 aliphatic carbocycles. The summed E-state index contributed by atoms with van der Waals surface area (Å²) in [7, 11) is -2.08. The van der Waals surface area contributed by atoms with Crippen LogP contribution < -0.4 is 9.46 Å². The minimum absolute atomic E-state index is 0.0961. The van der Waals surface area contributed by atoms with Crippen LogP contribution in [0, 0.1) is 0 Å². The summed E-state index contributed by atoms with van der Waals surface area (Å²) in [6.45, 7) is 2.14. The fraction of sp³-hybridized carbons (Fsp3) is 0.368. The second-order valence-electron chi connectivity index (χ2n) is 6.74. The number of hydrogen-bond acceptors (Lipinski definition) is 7. The van der Waals surface area contributed by atoms with Crippen molar-refractivity contribution in [1.82, 2.24) is 18.4 Å². The first kappa shape index (κ1) is 19.3. The van der Waals surface area contributed by atoms with E-state index in [0.717, 1.165) is 49.0 Å². The van der Waals surface area contributed by atoms with Crippen molar-refractivity contribution >= 4 is 32.8 Å². The topological polar surface area (TPSA) is 84.4 Å². The summed E-state index contributed by atoms with van der Waals surface area (Å²) in [4.78, 5) is 2.48. The third kappa shape index (κ3) is 3.75. The van der Waals surface area contributed by atoms with Crippen molar-refractivity contribution in [2.24, 2.45) is 0 Å². The zero-order valence-corrected chi connectivity index (χ0v) is 17.2. The van der Waals surface area contributed by atoms with E-state index in [1.807, 2.05) is 24.3 Å². The van der Waals surface area contributed by atoms with Gasteiger partial charge in [0.25, 0.3) is 0 Å². The van der Waals surface area contributed by atoms with Gasteiger partial charge < -0.3 is 4.74 Å². The van der Waals surface area contributed by atoms with Crippen LogP contribution in [0.5, 0.6) is 5.75 Å². The highest BCUT2D eigenvalue weighted by molar-refractivity contribution is 7.89. The van der Waals surface area contributed by atoms with Gasteiger partial charge >= 0.3 is 0 Å². The predicted molar refractivity (Wildman–Crippen MR) is 109 cm³/mol. The molecule has 4 rings (SSSR count). The van der Waals surface area contributed by atoms with E-state index in [0.29, 0.717) is 11.0 Å². The minimum atomic E-state index is -3.72. The summed E-state index contributed by atoms with van der Waals surface area (Å²) in [5, 5.41) is 0. The molecular formula is C19H22N4O3S2. The van der Waals surface area contributed by atoms with E-state index in [1.165, 1.54) is 0 Å². The lowest BCUT2D eigenvalue weighted by Crippen LogP contribution is -2.37. The first-order chi connectivity index (χ1) is 13.6. The molecule has 9 heteroatoms. The number of hydrogen-bond donors (Lipinski definition) is 1. The lowest BCUT2D eigenvalue weighted by Gasteiger charge is -2.29. The van der Waals surface area contributed by atoms with E-state index < -0.39 is 10.0 Å². The summed E-state index contributed by atoms with van der Waals surface area (Å²) in [6, 6.07) is 12.7. The molecule has 2 heterocycles. The van der Waals surface area contributed by atoms with E-state index in [2.05, 4.69) is 18.4 Å². The van der Waals surface area contributed by atoms with Crippen LogP contribution in [0.1, 0.15) is 24.4 Å². The van der Waals surface area contributed by atoms with Gasteiger partial charge in [0.05, 0.1) is 24.9 Å². The average molecular weight is 419 g/mol. The quantitative estimate of drug-likeness (QED) is 0.635. The number of sulfonamides is 1. The third-order valence-corrected chi connectivity index (χ3v) is 7.08. The zero-order chi connectivity index (χ0) is 19.6. The van der Waals surface area contributed by atoms with Crippen LogP contribution in [0.4, 0.5) is 0 Å². The Morgan fingerprint density at radius 2 is 1.93 bits per heavy atom. The summed E-state index contributed by atoms with van der Waals surface area (Å²) < 4.78 is 42.7. The number of rotatable bonds is 7. The van der Waals surface area contributed by atoms with Crippen LogP contribution in [-0.4, -0.2) is 48.8 Å². The van der Waals surface area contributed by atoms with Gasteiger partial charge in [0.2, 0.25) is 10.0 Å². The van der Waals surface area contributed by atoms with Crippen molar-refractivity contribution in [3.63, 3.8) is 0 Å². The van der Waals surface area contributed by atoms with Crippen molar-refractivity contribution < 1.29 is 13.2 Å². The molecule has 7 nitrogen and oxygen atoms in total. The Morgan fingerprint density at radius 1 is 1.14 bits per heavy atom. The maximum atomic E-state index is 13.0. The molecule has 1 fully saturated rings. The molecule has 1 unspecified atom stereocenters. The van der Waals surface area contributed by atoms with Crippen molar-refractivity contribution in [3.05, 3.63) is 48.0 Å². The van der Waals surface area contributed by atoms with Crippen molar-refractivity contribution in [1.29, 1.82) is 0 Å². The molecule has 148 valence electrons. The standard InChI is InChI=1S/C19H22N4O3S2/c1-26-17-9-3-2-7-14(17)16(23-11-4-5-12-23)13-20-28(24,25)18-10-6-8-15-19(18)22-27-21-15/h2-3,6-10,16,20H,4-5,11-13H2,1H3. The SMILES string of the molecule is COc1ccccc1C(CNS(=O)(=O)c1cccc2nsnc12)N1CCCC1. The lowest BCUT2D eigenvalue weighted by molar-refractivity contribution is 0.240. The van der Waals surface area contributed by atoms with Crippen LogP contribution in [0.2, 0.25) is 0 Å². The van der Waals surface area contributed by atoms with Gasteiger partial charge in [-0.15, -0.1) is 0 Å². The second kappa shape index (κ2) is 8.12. The first-order valence-electron chi connectivity index (χ1n) is 9.18. The number of aromatic nitrogens is 2. The Labute approximate surface area is 168 Å². The predicted octanol–water partition coefficient (Wildman–Crippen LogP) is 2.82. The van der Waals surface area contributed by atoms with E-state index in [-0.39, 0.29) is 17.5 Å². The Balaban J connectivity index is 1.63. The van der Waals surface area contributed by atoms with Crippen molar-refractivity contribution in [2.75, 3.05) is 26.7 Å². The van der Waals surface area contributed by atoms with Crippen LogP contribution >= 0.6 is 11.7 Å². The van der Waals surface area contributed by atoms with Crippen LogP contribution in [-0.2, 0) is 10.0 Å². The Morgan fingerprint density at radius 3 is 2.71 bits per heavy atom. The molecule has 28 heavy (non-hydrogen) atoms. The van der Waals surface area contributed by atoms with Gasteiger partial charge in [-0.05, 0) is 44.1 Å². The maximum absolute atomic E-state index is 13.0. The van der Waals surface area contributed by atoms with E-state index in [1.54, 1.807) is 25.3 Å². The summed E-state index contributed by atoms with van der Waals surface area (Å²) >= 11 is 1.01. The van der Waals surface area contributed by atoms with Crippen LogP contribution in [0.3, 0.4) is 0 Å². The van der Waals surface area contributed by atoms with E-state index >= 15 is 0 Å². The molecule has 2 aromatic carbocycles. The molecule has 1 aliphatic heterocycles. The van der Waals surface area contributed by atoms with Crippen molar-refractivity contribution in [3.8, 4) is 5.75 Å². The van der Waals surface area contributed by atoms with Crippen molar-refractivity contribution in [2.45, 2.75) is 23.8 Å². The number of fused-ring (bicyclic) bond motifs is 1. The number of likely N-dealkylation sites (tertiary alicyclic amines) is 1. The van der Waals surface area contributed by atoms with Crippen LogP contribution in [0.25, 0.3) is 11.0 Å². The molecule has 0 radical (unpaired) electrons. The van der Waals surface area contributed by atoms with E-state index in [9.17, 15) is 8.42 Å². The fourth-order valence-corrected chi connectivity index (χ4v) is 5.50. The summed E-state index contributed by atoms with van der Waals surface area (Å²) in [6.07, 6.45) is 2.23. The van der Waals surface area contributed by atoms with Gasteiger partial charge in [0.1, 0.15) is 21.7 Å². The monoisotopic (exact) mass is 418 g/mol. The number of ether oxygens (including phenoxy) is 1. The Kier molecular flexibility index (Phi) is 5.58. The molecule has 1 N–H and O–H groups in total. The van der Waals surface area contributed by atoms with Crippen LogP contribution in [0.15, 0.2) is 47.4 Å². The molecule has 1 aromatic heterocycles. The number of methoxy groups -OCH3 is 1. The van der Waals surface area contributed by atoms with Gasteiger partial charge in [0.15, 0.2) is 0 Å². The molecule has 3 aromatic rings. The smallest absolute Gasteiger partial charge is 0.242 e. The highest BCUT2D eigenvalue weighted by atomic mass is 32.2. The molecule has 1 aliphatic rings. The number of nitrogens with one attached hydrogen (secondary N) is 1. The lowest BCUT2D eigenvalue weighted by atomic mass is 10.0. The van der Waals surface area contributed by atoms with Gasteiger partial charge in [-0.1, -0.05) is 24.3 Å². The minimum Gasteiger partial charge on any atom is -0.496 e. The molecular weight excluding hydrogens is 396 g/mol. The highest BCUT2D eigenvalue weighted by Crippen LogP contribution is 2.31. The molecule has 1 saturated heterocycles. The average Bonchev–Trinajstić information content (AvgIpc) is 3.40. The van der Waals surface area contributed by atoms with Gasteiger partial charge in [0, 0.05) is 12.1 Å². The third-order valence-electron chi connectivity index (χ3n) is 5.08. The molecule has 0 bridgehead atoms. The molecule has 0 spiro atoms. The number of nitrogens with zero attached hydrogens (tertiary/aromatic N) is 3. The molecule has 0 saturated carbocycles. The Bertz CT molecular complexity index is 1060. The number of para-hydroxylation sites is 1. The van der Waals surface area contributed by atoms with Gasteiger partial charge in [-0.25, -0.2) is 13.1 Å². The van der Waals surface area contributed by atoms with E-state index in [4.69, 9.17) is 4.74 Å². The second-order valence-corrected chi connectivity index (χ2v) is 9.00. The van der Waals surface area contributed by atoms with Gasteiger partial charge in [-0.2, -0.15) is 8.75 Å². The maximum Gasteiger partial charge on any atom is 0.242 e. The Hall–Kier alpha value is -2.07. The summed E-state index contributed by atoms with van der Waals surface area (Å²) in [5.41, 5.74) is 1.99.